The molecule has 0 bridgehead atoms. The number of furan rings is 1. The Balaban J connectivity index is 1.64. The Morgan fingerprint density at radius 2 is 1.85 bits per heavy atom. The molecule has 1 aromatic carbocycles. The van der Waals surface area contributed by atoms with Crippen molar-refractivity contribution in [2.45, 2.75) is 6.92 Å². The predicted octanol–water partition coefficient (Wildman–Crippen LogP) is 2.75. The summed E-state index contributed by atoms with van der Waals surface area (Å²) in [4.78, 5) is 26.6. The number of hydrogen-bond acceptors (Lipinski definition) is 6. The first-order valence-electron chi connectivity index (χ1n) is 8.45. The van der Waals surface area contributed by atoms with E-state index in [4.69, 9.17) is 4.42 Å². The Labute approximate surface area is 156 Å². The van der Waals surface area contributed by atoms with E-state index in [9.17, 15) is 20.2 Å². The molecule has 0 aliphatic carbocycles. The predicted molar refractivity (Wildman–Crippen MR) is 98.9 cm³/mol. The number of hydrogen-bond donors (Lipinski definition) is 0. The number of rotatable bonds is 4. The van der Waals surface area contributed by atoms with E-state index in [1.165, 1.54) is 18.2 Å². The van der Waals surface area contributed by atoms with Gasteiger partial charge in [0.15, 0.2) is 0 Å². The molecule has 3 rings (SSSR count). The zero-order valence-corrected chi connectivity index (χ0v) is 14.8. The molecule has 138 valence electrons. The highest BCUT2D eigenvalue weighted by Gasteiger charge is 2.24. The molecule has 1 saturated heterocycles. The number of nitriles is 1. The van der Waals surface area contributed by atoms with Crippen LogP contribution < -0.4 is 4.90 Å². The van der Waals surface area contributed by atoms with Gasteiger partial charge in [0.1, 0.15) is 23.2 Å². The van der Waals surface area contributed by atoms with Crippen LogP contribution in [0.15, 0.2) is 46.4 Å². The minimum atomic E-state index is -0.434. The molecule has 8 nitrogen and oxygen atoms in total. The van der Waals surface area contributed by atoms with E-state index in [1.54, 1.807) is 36.1 Å². The van der Waals surface area contributed by atoms with Gasteiger partial charge in [0, 0.05) is 50.1 Å². The van der Waals surface area contributed by atoms with Gasteiger partial charge in [-0.05, 0) is 31.2 Å². The number of aryl methyl sites for hydroxylation is 1. The molecule has 27 heavy (non-hydrogen) atoms. The lowest BCUT2D eigenvalue weighted by molar-refractivity contribution is -0.384. The van der Waals surface area contributed by atoms with Crippen LogP contribution in [0.2, 0.25) is 0 Å². The summed E-state index contributed by atoms with van der Waals surface area (Å²) >= 11 is 0. The molecule has 0 radical (unpaired) electrons. The zero-order chi connectivity index (χ0) is 19.4. The molecule has 8 heteroatoms. The highest BCUT2D eigenvalue weighted by Crippen LogP contribution is 2.21. The third-order valence-corrected chi connectivity index (χ3v) is 4.39. The molecule has 0 atom stereocenters. The Hall–Kier alpha value is -3.60. The highest BCUT2D eigenvalue weighted by molar-refractivity contribution is 6.01. The van der Waals surface area contributed by atoms with Crippen molar-refractivity contribution < 1.29 is 14.1 Å². The van der Waals surface area contributed by atoms with Crippen molar-refractivity contribution in [3.63, 3.8) is 0 Å². The molecule has 0 N–H and O–H groups in total. The van der Waals surface area contributed by atoms with Crippen LogP contribution in [0.1, 0.15) is 11.5 Å². The first kappa shape index (κ1) is 18.2. The van der Waals surface area contributed by atoms with Crippen LogP contribution in [0, 0.1) is 28.4 Å². The van der Waals surface area contributed by atoms with Crippen molar-refractivity contribution >= 4 is 23.4 Å². The summed E-state index contributed by atoms with van der Waals surface area (Å²) in [6, 6.07) is 11.8. The van der Waals surface area contributed by atoms with Crippen molar-refractivity contribution in [3.05, 3.63) is 63.6 Å². The lowest BCUT2D eigenvalue weighted by Crippen LogP contribution is -2.49. The van der Waals surface area contributed by atoms with Gasteiger partial charge in [0.25, 0.3) is 11.6 Å². The van der Waals surface area contributed by atoms with E-state index >= 15 is 0 Å². The molecule has 1 fully saturated rings. The fraction of sp³-hybridized carbons (Fsp3) is 0.263. The van der Waals surface area contributed by atoms with Crippen molar-refractivity contribution in [2.75, 3.05) is 31.1 Å². The molecule has 1 amide bonds. The topological polar surface area (TPSA) is 104 Å². The Morgan fingerprint density at radius 3 is 2.37 bits per heavy atom. The molecule has 2 heterocycles. The number of carbonyl (C=O) groups excluding carboxylic acids is 1. The molecule has 2 aromatic rings. The van der Waals surface area contributed by atoms with Crippen LogP contribution in [0.4, 0.5) is 11.4 Å². The number of amides is 1. The zero-order valence-electron chi connectivity index (χ0n) is 14.8. The molecule has 0 saturated carbocycles. The minimum Gasteiger partial charge on any atom is -0.462 e. The summed E-state index contributed by atoms with van der Waals surface area (Å²) in [5.41, 5.74) is 0.951. The fourth-order valence-corrected chi connectivity index (χ4v) is 2.94. The lowest BCUT2D eigenvalue weighted by Gasteiger charge is -2.36. The maximum atomic E-state index is 12.6. The second kappa shape index (κ2) is 7.74. The summed E-state index contributed by atoms with van der Waals surface area (Å²) in [6.07, 6.45) is 1.46. The molecular formula is C19H18N4O4. The second-order valence-electron chi connectivity index (χ2n) is 6.17. The first-order valence-corrected chi connectivity index (χ1v) is 8.45. The van der Waals surface area contributed by atoms with Gasteiger partial charge in [-0.25, -0.2) is 0 Å². The summed E-state index contributed by atoms with van der Waals surface area (Å²) in [5.74, 6) is 0.861. The van der Waals surface area contributed by atoms with Crippen molar-refractivity contribution in [1.29, 1.82) is 5.26 Å². The van der Waals surface area contributed by atoms with Gasteiger partial charge in [0.05, 0.1) is 4.92 Å². The lowest BCUT2D eigenvalue weighted by atomic mass is 10.2. The molecule has 0 spiro atoms. The highest BCUT2D eigenvalue weighted by atomic mass is 16.6. The maximum Gasteiger partial charge on any atom is 0.269 e. The first-order chi connectivity index (χ1) is 13.0. The fourth-order valence-electron chi connectivity index (χ4n) is 2.94. The van der Waals surface area contributed by atoms with E-state index in [-0.39, 0.29) is 17.2 Å². The molecule has 1 aromatic heterocycles. The molecule has 1 aliphatic heterocycles. The molecular weight excluding hydrogens is 348 g/mol. The second-order valence-corrected chi connectivity index (χ2v) is 6.17. The molecule has 1 aliphatic rings. The number of anilines is 1. The number of nitro benzene ring substituents is 1. The minimum absolute atomic E-state index is 0.0353. The average molecular weight is 366 g/mol. The summed E-state index contributed by atoms with van der Waals surface area (Å²) in [7, 11) is 0. The number of benzene rings is 1. The van der Waals surface area contributed by atoms with Gasteiger partial charge in [0.2, 0.25) is 0 Å². The maximum absolute atomic E-state index is 12.6. The van der Waals surface area contributed by atoms with Crippen molar-refractivity contribution in [2.24, 2.45) is 0 Å². The van der Waals surface area contributed by atoms with E-state index in [0.717, 1.165) is 5.69 Å². The van der Waals surface area contributed by atoms with Crippen molar-refractivity contribution in [1.82, 2.24) is 4.90 Å². The van der Waals surface area contributed by atoms with Crippen LogP contribution in [-0.2, 0) is 4.79 Å². The van der Waals surface area contributed by atoms with E-state index in [0.29, 0.717) is 37.7 Å². The Kier molecular flexibility index (Phi) is 5.22. The summed E-state index contributed by atoms with van der Waals surface area (Å²) in [6.45, 7) is 3.89. The van der Waals surface area contributed by atoms with E-state index in [1.807, 2.05) is 6.07 Å². The number of carbonyl (C=O) groups is 1. The monoisotopic (exact) mass is 366 g/mol. The van der Waals surface area contributed by atoms with Crippen LogP contribution in [0.3, 0.4) is 0 Å². The number of piperazine rings is 1. The number of nitrogens with zero attached hydrogens (tertiary/aromatic N) is 4. The van der Waals surface area contributed by atoms with Crippen LogP contribution >= 0.6 is 0 Å². The third-order valence-electron chi connectivity index (χ3n) is 4.39. The summed E-state index contributed by atoms with van der Waals surface area (Å²) < 4.78 is 5.40. The van der Waals surface area contributed by atoms with E-state index < -0.39 is 4.92 Å². The van der Waals surface area contributed by atoms with Crippen LogP contribution in [0.25, 0.3) is 6.08 Å². The third kappa shape index (κ3) is 4.15. The number of nitro groups is 1. The largest absolute Gasteiger partial charge is 0.462 e. The smallest absolute Gasteiger partial charge is 0.269 e. The van der Waals surface area contributed by atoms with Gasteiger partial charge in [-0.1, -0.05) is 0 Å². The summed E-state index contributed by atoms with van der Waals surface area (Å²) in [5, 5.41) is 20.1. The Bertz CT molecular complexity index is 916. The van der Waals surface area contributed by atoms with Crippen LogP contribution in [0.5, 0.6) is 0 Å². The number of non-ortho nitro benzene ring substituents is 1. The van der Waals surface area contributed by atoms with Gasteiger partial charge in [-0.15, -0.1) is 0 Å². The van der Waals surface area contributed by atoms with Crippen molar-refractivity contribution in [3.8, 4) is 6.07 Å². The van der Waals surface area contributed by atoms with Gasteiger partial charge < -0.3 is 14.2 Å². The van der Waals surface area contributed by atoms with Gasteiger partial charge >= 0.3 is 0 Å². The molecule has 0 unspecified atom stereocenters. The van der Waals surface area contributed by atoms with Crippen LogP contribution in [-0.4, -0.2) is 41.9 Å². The SMILES string of the molecule is Cc1ccc(/C=C(\C#N)C(=O)N2CCN(c3ccc([N+](=O)[O-])cc3)CC2)o1. The Morgan fingerprint density at radius 1 is 1.19 bits per heavy atom. The van der Waals surface area contributed by atoms with E-state index in [2.05, 4.69) is 4.90 Å². The quantitative estimate of drug-likeness (QED) is 0.357. The average Bonchev–Trinajstić information content (AvgIpc) is 3.10. The van der Waals surface area contributed by atoms with Gasteiger partial charge in [-0.3, -0.25) is 14.9 Å². The van der Waals surface area contributed by atoms with Gasteiger partial charge in [-0.2, -0.15) is 5.26 Å². The normalized spacial score (nSPS) is 14.7. The standard InChI is InChI=1S/C19H18N4O4/c1-14-2-7-18(27-14)12-15(13-20)19(24)22-10-8-21(9-11-22)16-3-5-17(6-4-16)23(25)26/h2-7,12H,8-11H2,1H3/b15-12+.